The molecule has 0 bridgehead atoms. The maximum atomic E-state index is 12.8. The zero-order chi connectivity index (χ0) is 55.4. The molecule has 2 spiro atoms. The van der Waals surface area contributed by atoms with Gasteiger partial charge in [0.15, 0.2) is 0 Å². The number of aliphatic hydroxyl groups is 1. The second kappa shape index (κ2) is 25.4. The molecule has 6 aliphatic rings. The first-order chi connectivity index (χ1) is 36.3. The van der Waals surface area contributed by atoms with Crippen LogP contribution in [0, 0.1) is 0 Å². The summed E-state index contributed by atoms with van der Waals surface area (Å²) in [7, 11) is 0. The first kappa shape index (κ1) is 59.7. The number of alkyl halides is 6. The standard InChI is InChI=1S/C21H21F3N4O.C15H11F3N4.2C6H10O.C5H8O.C3H9IOS/c22-21(23,24)17-9-7-15(8-10-17)13-16-5-1-2-6-18(16)19-25-27-28(26-19)14-20(29)11-3-4-12-20;16-15(17,18)12-7-5-10(6-8-12)9-11-3-1-2-4-13(11)14-19-21-22-20-14;2*1-2-4-6(3-1)5-7-6;6-5-3-1-2-4-5;1-6(2,3,4)5/h1-2,5-10,29H,3-4,11-14H2;1-8H,9H2,(H,19,20,21,22);2*1-5H2;1-4H2;1-3H3. The normalized spacial score (nSPS) is 18.9. The van der Waals surface area contributed by atoms with Crippen molar-refractivity contribution >= 4 is 33.2 Å². The van der Waals surface area contributed by atoms with Crippen LogP contribution in [0.2, 0.25) is 0 Å². The molecule has 77 heavy (non-hydrogen) atoms. The lowest BCUT2D eigenvalue weighted by Gasteiger charge is -2.20. The van der Waals surface area contributed by atoms with E-state index >= 15 is 0 Å². The van der Waals surface area contributed by atoms with Crippen molar-refractivity contribution in [3.63, 3.8) is 0 Å². The SMILES string of the molecule is C1CCC2(C1)CO2.C1CCC2(C1)CO2.CS(C)(C)(=O)I.FC(F)(F)c1ccc(Cc2ccccc2-c2nn[nH]n2)cc1.O=C1CCCC1.OC1(Cn2nnc(-c3ccccc3Cc3ccc(C(F)(F)F)cc3)n2)CCCC1. The smallest absolute Gasteiger partial charge is 0.388 e. The summed E-state index contributed by atoms with van der Waals surface area (Å²) in [6.07, 6.45) is 13.8. The Hall–Kier alpha value is -4.97. The molecule has 13 nitrogen and oxygen atoms in total. The van der Waals surface area contributed by atoms with Gasteiger partial charge < -0.3 is 14.6 Å². The van der Waals surface area contributed by atoms with Crippen LogP contribution in [-0.4, -0.2) is 105 Å². The average molecular weight is 1210 g/mol. The van der Waals surface area contributed by atoms with Gasteiger partial charge in [0.25, 0.3) is 0 Å². The summed E-state index contributed by atoms with van der Waals surface area (Å²) in [5.41, 5.74) is 3.73. The molecular formula is C56H69F6IN8O5S. The number of aromatic nitrogens is 8. The molecule has 0 radical (unpaired) electrons. The number of hydrogen-bond donors (Lipinski definition) is 2. The fourth-order valence-corrected chi connectivity index (χ4v) is 9.59. The molecule has 0 atom stereocenters. The van der Waals surface area contributed by atoms with E-state index in [1.165, 1.54) is 80.4 Å². The zero-order valence-corrected chi connectivity index (χ0v) is 46.8. The number of epoxide rings is 2. The molecule has 418 valence electrons. The number of tetrazole rings is 2. The second-order valence-electron chi connectivity index (χ2n) is 21.7. The fourth-order valence-electron chi connectivity index (χ4n) is 9.59. The van der Waals surface area contributed by atoms with Crippen molar-refractivity contribution in [3.8, 4) is 22.8 Å². The largest absolute Gasteiger partial charge is 0.416 e. The van der Waals surface area contributed by atoms with E-state index in [1.807, 2.05) is 69.7 Å². The Morgan fingerprint density at radius 3 is 1.38 bits per heavy atom. The lowest BCUT2D eigenvalue weighted by Crippen LogP contribution is -2.31. The molecule has 0 unspecified atom stereocenters. The minimum absolute atomic E-state index is 0.307. The van der Waals surface area contributed by atoms with Crippen LogP contribution in [0.3, 0.4) is 0 Å². The quantitative estimate of drug-likeness (QED) is 0.0641. The number of nitrogens with one attached hydrogen (secondary N) is 1. The van der Waals surface area contributed by atoms with Gasteiger partial charge in [0.1, 0.15) is 5.78 Å². The van der Waals surface area contributed by atoms with Gasteiger partial charge in [-0.15, -0.1) is 20.4 Å². The van der Waals surface area contributed by atoms with Gasteiger partial charge in [-0.2, -0.15) is 36.4 Å². The van der Waals surface area contributed by atoms with E-state index in [0.29, 0.717) is 48.0 Å². The second-order valence-corrected chi connectivity index (χ2v) is 35.2. The molecule has 2 N–H and O–H groups in total. The number of hydrogen-bond acceptors (Lipinski definition) is 11. The highest BCUT2D eigenvalue weighted by Gasteiger charge is 2.47. The molecule has 6 fully saturated rings. The minimum atomic E-state index is -4.34. The predicted octanol–water partition coefficient (Wildman–Crippen LogP) is 12.6. The van der Waals surface area contributed by atoms with E-state index in [4.69, 9.17) is 9.47 Å². The highest BCUT2D eigenvalue weighted by molar-refractivity contribution is 14.2. The first-order valence-corrected chi connectivity index (χ1v) is 31.9. The van der Waals surface area contributed by atoms with Crippen LogP contribution in [0.15, 0.2) is 97.1 Å². The number of aromatic amines is 1. The number of H-pyrrole nitrogens is 1. The van der Waals surface area contributed by atoms with E-state index in [9.17, 15) is 40.5 Å². The monoisotopic (exact) mass is 1210 g/mol. The highest BCUT2D eigenvalue weighted by Crippen LogP contribution is 2.44. The number of Topliss-reactive ketones (excluding diaryl/α,β-unsaturated/α-hetero) is 1. The molecule has 6 aromatic rings. The van der Waals surface area contributed by atoms with Crippen molar-refractivity contribution in [1.82, 2.24) is 40.8 Å². The summed E-state index contributed by atoms with van der Waals surface area (Å²) in [5.74, 6) is 1.35. The van der Waals surface area contributed by atoms with Crippen molar-refractivity contribution in [2.24, 2.45) is 0 Å². The molecule has 4 heterocycles. The third-order valence-electron chi connectivity index (χ3n) is 13.9. The number of halogens is 7. The molecule has 21 heteroatoms. The van der Waals surface area contributed by atoms with Gasteiger partial charge in [0, 0.05) is 45.2 Å². The van der Waals surface area contributed by atoms with Crippen LogP contribution < -0.4 is 0 Å². The first-order valence-electron chi connectivity index (χ1n) is 26.2. The third-order valence-corrected chi connectivity index (χ3v) is 13.9. The van der Waals surface area contributed by atoms with Crippen LogP contribution >= 0.6 is 21.2 Å². The van der Waals surface area contributed by atoms with Gasteiger partial charge in [-0.3, -0.25) is 9.00 Å². The Balaban J connectivity index is 0.000000154. The molecule has 2 aliphatic heterocycles. The topological polar surface area (TPSA) is 177 Å². The minimum Gasteiger partial charge on any atom is -0.388 e. The van der Waals surface area contributed by atoms with Crippen LogP contribution in [0.1, 0.15) is 136 Å². The summed E-state index contributed by atoms with van der Waals surface area (Å²) in [6.45, 7) is 2.43. The summed E-state index contributed by atoms with van der Waals surface area (Å²) >= 11 is 1.96. The van der Waals surface area contributed by atoms with Crippen molar-refractivity contribution < 1.29 is 49.9 Å². The van der Waals surface area contributed by atoms with Crippen LogP contribution in [0.25, 0.3) is 22.8 Å². The van der Waals surface area contributed by atoms with E-state index in [1.54, 1.807) is 18.8 Å². The van der Waals surface area contributed by atoms with Gasteiger partial charge >= 0.3 is 12.4 Å². The summed E-state index contributed by atoms with van der Waals surface area (Å²) in [6, 6.07) is 25.2. The van der Waals surface area contributed by atoms with Gasteiger partial charge in [-0.05, 0) is 140 Å². The Labute approximate surface area is 458 Å². The molecule has 4 saturated carbocycles. The van der Waals surface area contributed by atoms with Crippen LogP contribution in [0.5, 0.6) is 0 Å². The maximum Gasteiger partial charge on any atom is 0.416 e. The average Bonchev–Trinajstić information content (AvgIpc) is 3.87. The number of nitrogens with zero attached hydrogens (tertiary/aromatic N) is 7. The molecule has 0 amide bonds. The highest BCUT2D eigenvalue weighted by atomic mass is 127. The summed E-state index contributed by atoms with van der Waals surface area (Å²) in [4.78, 5) is 11.7. The van der Waals surface area contributed by atoms with Gasteiger partial charge in [-0.1, -0.05) is 118 Å². The van der Waals surface area contributed by atoms with Gasteiger partial charge in [0.05, 0.1) is 47.7 Å². The number of benzene rings is 4. The van der Waals surface area contributed by atoms with Crippen molar-refractivity contribution in [1.29, 1.82) is 0 Å². The van der Waals surface area contributed by atoms with Crippen LogP contribution in [-0.2, 0) is 52.2 Å². The maximum absolute atomic E-state index is 12.8. The fraction of sp³-hybridized carbons (Fsp3) is 0.518. The van der Waals surface area contributed by atoms with Gasteiger partial charge in [0.2, 0.25) is 11.6 Å². The Kier molecular flexibility index (Phi) is 19.7. The van der Waals surface area contributed by atoms with Crippen molar-refractivity contribution in [2.45, 2.75) is 151 Å². The molecule has 4 aromatic carbocycles. The van der Waals surface area contributed by atoms with E-state index in [0.717, 1.165) is 122 Å². The molecule has 12 rings (SSSR count). The van der Waals surface area contributed by atoms with Crippen molar-refractivity contribution in [2.75, 3.05) is 32.0 Å². The predicted molar refractivity (Wildman–Crippen MR) is 292 cm³/mol. The number of rotatable bonds is 8. The van der Waals surface area contributed by atoms with Crippen LogP contribution in [0.4, 0.5) is 26.3 Å². The van der Waals surface area contributed by atoms with E-state index in [2.05, 4.69) is 36.0 Å². The molecule has 2 saturated heterocycles. The Morgan fingerprint density at radius 2 is 1.03 bits per heavy atom. The molecular weight excluding hydrogens is 1140 g/mol. The lowest BCUT2D eigenvalue weighted by atomic mass is 9.98. The third kappa shape index (κ3) is 20.0. The van der Waals surface area contributed by atoms with E-state index < -0.39 is 35.3 Å². The zero-order valence-electron chi connectivity index (χ0n) is 43.9. The number of carbonyl (C=O) groups is 1. The van der Waals surface area contributed by atoms with Crippen molar-refractivity contribution in [3.05, 3.63) is 130 Å². The number of ketones is 1. The Bertz CT molecular complexity index is 2830. The van der Waals surface area contributed by atoms with Gasteiger partial charge in [-0.25, -0.2) is 0 Å². The summed E-state index contributed by atoms with van der Waals surface area (Å²) in [5, 5.41) is 37.0. The van der Waals surface area contributed by atoms with E-state index in [-0.39, 0.29) is 0 Å². The Morgan fingerprint density at radius 1 is 0.623 bits per heavy atom. The molecule has 2 aromatic heterocycles. The molecule has 4 aliphatic carbocycles. The summed E-state index contributed by atoms with van der Waals surface area (Å²) < 4.78 is 97.3. The number of ether oxygens (including phenoxy) is 2. The number of carbonyl (C=O) groups excluding carboxylic acids is 1. The lowest BCUT2D eigenvalue weighted by molar-refractivity contribution is -0.138.